The van der Waals surface area contributed by atoms with Crippen LogP contribution in [0.25, 0.3) is 0 Å². The van der Waals surface area contributed by atoms with Crippen LogP contribution in [-0.2, 0) is 9.59 Å². The third-order valence-corrected chi connectivity index (χ3v) is 6.63. The van der Waals surface area contributed by atoms with Gasteiger partial charge in [-0.3, -0.25) is 19.6 Å². The Labute approximate surface area is 226 Å². The van der Waals surface area contributed by atoms with Crippen molar-refractivity contribution in [3.8, 4) is 0 Å². The first-order chi connectivity index (χ1) is 17.6. The number of ketones is 2. The number of aliphatic imine (C=N–C) groups is 2. The van der Waals surface area contributed by atoms with Gasteiger partial charge >= 0.3 is 0 Å². The maximum atomic E-state index is 12.3. The molecule has 6 heteroatoms. The molecule has 0 aliphatic heterocycles. The number of aliphatic hydroxyl groups excluding tert-OH is 2. The molecule has 38 heavy (non-hydrogen) atoms. The molecule has 2 N–H and O–H groups in total. The van der Waals surface area contributed by atoms with Crippen LogP contribution in [0.15, 0.2) is 56.9 Å². The topological polar surface area (TPSA) is 99.3 Å². The first-order valence-electron chi connectivity index (χ1n) is 12.7. The van der Waals surface area contributed by atoms with Crippen LogP contribution >= 0.6 is 0 Å². The van der Waals surface area contributed by atoms with Gasteiger partial charge in [0.25, 0.3) is 0 Å². The Kier molecular flexibility index (Phi) is 10.1. The van der Waals surface area contributed by atoms with Crippen LogP contribution in [0.3, 0.4) is 0 Å². The van der Waals surface area contributed by atoms with Gasteiger partial charge in [0.1, 0.15) is 23.6 Å². The zero-order valence-corrected chi connectivity index (χ0v) is 24.2. The van der Waals surface area contributed by atoms with E-state index in [-0.39, 0.29) is 34.2 Å². The van der Waals surface area contributed by atoms with Crippen LogP contribution in [0, 0.1) is 41.5 Å². The first kappa shape index (κ1) is 30.4. The Morgan fingerprint density at radius 1 is 0.605 bits per heavy atom. The molecule has 0 bridgehead atoms. The third-order valence-electron chi connectivity index (χ3n) is 6.63. The van der Waals surface area contributed by atoms with Crippen molar-refractivity contribution >= 4 is 24.0 Å². The fourth-order valence-electron chi connectivity index (χ4n) is 5.13. The summed E-state index contributed by atoms with van der Waals surface area (Å²) in [5, 5.41) is 20.3. The predicted octanol–water partition coefficient (Wildman–Crippen LogP) is 7.30. The van der Waals surface area contributed by atoms with Crippen molar-refractivity contribution in [2.45, 2.75) is 81.3 Å². The third kappa shape index (κ3) is 7.15. The summed E-state index contributed by atoms with van der Waals surface area (Å²) in [6.07, 6.45) is 2.84. The molecule has 0 unspecified atom stereocenters. The molecule has 202 valence electrons. The van der Waals surface area contributed by atoms with Gasteiger partial charge in [0, 0.05) is 12.4 Å². The summed E-state index contributed by atoms with van der Waals surface area (Å²) in [7, 11) is 0. The number of carbonyl (C=O) groups is 2. The number of carbonyl (C=O) groups excluding carboxylic acids is 2. The molecule has 0 aromatic heterocycles. The highest BCUT2D eigenvalue weighted by molar-refractivity contribution is 6.13. The Morgan fingerprint density at radius 2 is 0.868 bits per heavy atom. The van der Waals surface area contributed by atoms with E-state index in [1.165, 1.54) is 40.1 Å². The molecule has 0 spiro atoms. The first-order valence-corrected chi connectivity index (χ1v) is 12.7. The molecule has 0 radical (unpaired) electrons. The average molecular weight is 517 g/mol. The van der Waals surface area contributed by atoms with Crippen molar-refractivity contribution in [2.24, 2.45) is 9.98 Å². The number of Topliss-reactive ketones (excluding diaryl/α,β-unsaturated/α-hetero) is 2. The largest absolute Gasteiger partial charge is 0.512 e. The van der Waals surface area contributed by atoms with Crippen LogP contribution < -0.4 is 0 Å². The van der Waals surface area contributed by atoms with Gasteiger partial charge < -0.3 is 10.2 Å². The fraction of sp³-hybridized carbons (Fsp3) is 0.375. The van der Waals surface area contributed by atoms with E-state index < -0.39 is 12.1 Å². The van der Waals surface area contributed by atoms with E-state index in [0.29, 0.717) is 0 Å². The zero-order chi connectivity index (χ0) is 28.9. The number of hydrogen-bond donors (Lipinski definition) is 2. The van der Waals surface area contributed by atoms with E-state index in [4.69, 9.17) is 9.98 Å². The lowest BCUT2D eigenvalue weighted by Gasteiger charge is -2.28. The van der Waals surface area contributed by atoms with E-state index in [9.17, 15) is 19.8 Å². The minimum atomic E-state index is -0.590. The van der Waals surface area contributed by atoms with Gasteiger partial charge in [0.15, 0.2) is 11.6 Å². The highest BCUT2D eigenvalue weighted by atomic mass is 16.3. The summed E-state index contributed by atoms with van der Waals surface area (Å²) >= 11 is 0. The Hall–Kier alpha value is -3.80. The molecule has 2 atom stereocenters. The standard InChI is InChI=1S/C32H40N2O4/c1-17-11-19(3)29(20(4)12-17)31(33-15-27(23(7)35)24(8)36)32(34-16-28(25(9)37)26(10)38)30-21(5)13-18(2)14-22(30)6/h11-16,31-32,35,37H,1-10H3/b27-23+,28-25+,33-15?,34-16?/t31-,32+. The van der Waals surface area contributed by atoms with Crippen LogP contribution in [-0.4, -0.2) is 34.2 Å². The summed E-state index contributed by atoms with van der Waals surface area (Å²) in [4.78, 5) is 34.3. The molecule has 0 saturated heterocycles. The molecule has 2 aromatic carbocycles. The maximum Gasteiger partial charge on any atom is 0.164 e. The van der Waals surface area contributed by atoms with Crippen molar-refractivity contribution < 1.29 is 19.8 Å². The van der Waals surface area contributed by atoms with E-state index in [0.717, 1.165) is 44.5 Å². The van der Waals surface area contributed by atoms with Crippen molar-refractivity contribution in [3.05, 3.63) is 91.4 Å². The average Bonchev–Trinajstić information content (AvgIpc) is 2.74. The number of aliphatic hydroxyl groups is 2. The van der Waals surface area contributed by atoms with Gasteiger partial charge in [-0.05, 0) is 103 Å². The van der Waals surface area contributed by atoms with E-state index in [1.54, 1.807) is 0 Å². The molecule has 0 amide bonds. The second kappa shape index (κ2) is 12.6. The zero-order valence-electron chi connectivity index (χ0n) is 24.2. The quantitative estimate of drug-likeness (QED) is 0.207. The van der Waals surface area contributed by atoms with E-state index in [1.807, 2.05) is 41.5 Å². The fourth-order valence-corrected chi connectivity index (χ4v) is 5.13. The van der Waals surface area contributed by atoms with E-state index >= 15 is 0 Å². The Bertz CT molecular complexity index is 1220. The molecule has 0 heterocycles. The van der Waals surface area contributed by atoms with Crippen molar-refractivity contribution in [1.29, 1.82) is 0 Å². The van der Waals surface area contributed by atoms with Crippen molar-refractivity contribution in [3.63, 3.8) is 0 Å². The SMILES string of the molecule is CC(=O)/C(C=N[C@H](c1c(C)cc(C)cc1C)[C@@H](N=C/C(C(C)=O)=C(/C)O)c1c(C)cc(C)cc1C)=C(\C)O. The van der Waals surface area contributed by atoms with Gasteiger partial charge in [-0.2, -0.15) is 0 Å². The van der Waals surface area contributed by atoms with Crippen LogP contribution in [0.5, 0.6) is 0 Å². The molecule has 2 rings (SSSR count). The Balaban J connectivity index is 3.01. The summed E-state index contributed by atoms with van der Waals surface area (Å²) in [6.45, 7) is 17.8. The normalized spacial score (nSPS) is 14.9. The lowest BCUT2D eigenvalue weighted by Crippen LogP contribution is -2.16. The summed E-state index contributed by atoms with van der Waals surface area (Å²) < 4.78 is 0. The van der Waals surface area contributed by atoms with E-state index in [2.05, 4.69) is 24.3 Å². The number of nitrogens with zero attached hydrogens (tertiary/aromatic N) is 2. The predicted molar refractivity (Wildman–Crippen MR) is 156 cm³/mol. The molecular formula is C32H40N2O4. The number of hydrogen-bond acceptors (Lipinski definition) is 6. The second-order valence-corrected chi connectivity index (χ2v) is 10.2. The number of rotatable bonds is 9. The monoisotopic (exact) mass is 516 g/mol. The minimum absolute atomic E-state index is 0.113. The number of aryl methyl sites for hydroxylation is 6. The highest BCUT2D eigenvalue weighted by Crippen LogP contribution is 2.41. The number of allylic oxidation sites excluding steroid dienone is 4. The van der Waals surface area contributed by atoms with Gasteiger partial charge in [-0.25, -0.2) is 0 Å². The lowest BCUT2D eigenvalue weighted by atomic mass is 9.84. The second-order valence-electron chi connectivity index (χ2n) is 10.2. The molecule has 0 aliphatic carbocycles. The van der Waals surface area contributed by atoms with Crippen LogP contribution in [0.2, 0.25) is 0 Å². The molecule has 0 fully saturated rings. The smallest absolute Gasteiger partial charge is 0.164 e. The van der Waals surface area contributed by atoms with Gasteiger partial charge in [0.05, 0.1) is 11.1 Å². The van der Waals surface area contributed by atoms with Gasteiger partial charge in [0.2, 0.25) is 0 Å². The molecular weight excluding hydrogens is 476 g/mol. The lowest BCUT2D eigenvalue weighted by molar-refractivity contribution is -0.114. The molecule has 0 aliphatic rings. The molecule has 0 saturated carbocycles. The van der Waals surface area contributed by atoms with Gasteiger partial charge in [-0.1, -0.05) is 35.4 Å². The Morgan fingerprint density at radius 3 is 1.08 bits per heavy atom. The minimum Gasteiger partial charge on any atom is -0.512 e. The summed E-state index contributed by atoms with van der Waals surface area (Å²) in [5.74, 6) is -0.828. The van der Waals surface area contributed by atoms with Gasteiger partial charge in [-0.15, -0.1) is 0 Å². The molecule has 2 aromatic rings. The maximum absolute atomic E-state index is 12.3. The molecule has 6 nitrogen and oxygen atoms in total. The van der Waals surface area contributed by atoms with Crippen molar-refractivity contribution in [2.75, 3.05) is 0 Å². The van der Waals surface area contributed by atoms with Crippen LogP contribution in [0.4, 0.5) is 0 Å². The van der Waals surface area contributed by atoms with Crippen LogP contribution in [0.1, 0.15) is 84.3 Å². The summed E-state index contributed by atoms with van der Waals surface area (Å²) in [5.41, 5.74) is 8.42. The summed E-state index contributed by atoms with van der Waals surface area (Å²) in [6, 6.07) is 7.15. The van der Waals surface area contributed by atoms with Crippen molar-refractivity contribution in [1.82, 2.24) is 0 Å². The number of benzene rings is 2. The highest BCUT2D eigenvalue weighted by Gasteiger charge is 2.29.